The Morgan fingerprint density at radius 3 is 2.35 bits per heavy atom. The number of carbonyl (C=O) groups is 1. The van der Waals surface area contributed by atoms with Crippen molar-refractivity contribution in [3.05, 3.63) is 69.3 Å². The van der Waals surface area contributed by atoms with Crippen molar-refractivity contribution >= 4 is 17.5 Å². The average molecular weight is 462 g/mol. The van der Waals surface area contributed by atoms with Crippen molar-refractivity contribution in [2.75, 3.05) is 7.11 Å². The predicted octanol–water partition coefficient (Wildman–Crippen LogP) is 6.29. The molecule has 34 heavy (non-hydrogen) atoms. The zero-order valence-corrected chi connectivity index (χ0v) is 19.8. The lowest BCUT2D eigenvalue weighted by molar-refractivity contribution is -0.386. The maximum Gasteiger partial charge on any atom is 0.310 e. The first-order valence-electron chi connectivity index (χ1n) is 12.1. The molecule has 4 aliphatic rings. The van der Waals surface area contributed by atoms with Crippen LogP contribution < -0.4 is 9.47 Å². The molecular weight excluding hydrogens is 430 g/mol. The Morgan fingerprint density at radius 1 is 1.06 bits per heavy atom. The summed E-state index contributed by atoms with van der Waals surface area (Å²) in [6, 6.07) is 10.5. The molecule has 4 bridgehead atoms. The average Bonchev–Trinajstić information content (AvgIpc) is 2.80. The molecule has 6 nitrogen and oxygen atoms in total. The largest absolute Gasteiger partial charge is 0.496 e. The topological polar surface area (TPSA) is 78.7 Å². The Hall–Kier alpha value is -3.15. The van der Waals surface area contributed by atoms with E-state index in [9.17, 15) is 14.9 Å². The van der Waals surface area contributed by atoms with Crippen LogP contribution in [0.25, 0.3) is 6.08 Å². The molecule has 0 radical (unpaired) electrons. The van der Waals surface area contributed by atoms with E-state index in [4.69, 9.17) is 9.47 Å². The third-order valence-electron chi connectivity index (χ3n) is 7.99. The molecule has 4 saturated carbocycles. The first kappa shape index (κ1) is 22.6. The van der Waals surface area contributed by atoms with Crippen LogP contribution in [0, 0.1) is 40.2 Å². The van der Waals surface area contributed by atoms with Crippen molar-refractivity contribution in [3.8, 4) is 11.5 Å². The van der Waals surface area contributed by atoms with E-state index < -0.39 is 4.92 Å². The molecule has 0 N–H and O–H groups in total. The van der Waals surface area contributed by atoms with Gasteiger partial charge in [0.1, 0.15) is 12.4 Å². The highest BCUT2D eigenvalue weighted by Crippen LogP contribution is 2.60. The first-order chi connectivity index (χ1) is 16.3. The van der Waals surface area contributed by atoms with Crippen molar-refractivity contribution in [3.63, 3.8) is 0 Å². The fourth-order valence-corrected chi connectivity index (χ4v) is 6.82. The molecular formula is C28H31NO5. The molecule has 0 amide bonds. The Morgan fingerprint density at radius 2 is 1.74 bits per heavy atom. The highest BCUT2D eigenvalue weighted by molar-refractivity contribution is 5.98. The summed E-state index contributed by atoms with van der Waals surface area (Å²) in [5.74, 6) is 3.34. The number of rotatable bonds is 8. The van der Waals surface area contributed by atoms with Crippen molar-refractivity contribution in [2.24, 2.45) is 23.2 Å². The molecule has 6 heteroatoms. The number of nitro groups is 1. The quantitative estimate of drug-likeness (QED) is 0.262. The van der Waals surface area contributed by atoms with Crippen LogP contribution in [-0.4, -0.2) is 17.8 Å². The minimum absolute atomic E-state index is 0.0678. The lowest BCUT2D eigenvalue weighted by Crippen LogP contribution is -2.49. The Balaban J connectivity index is 1.33. The van der Waals surface area contributed by atoms with E-state index in [1.165, 1.54) is 25.3 Å². The Kier molecular flexibility index (Phi) is 5.92. The lowest BCUT2D eigenvalue weighted by atomic mass is 9.48. The number of carbonyl (C=O) groups excluding carboxylic acids is 1. The third-order valence-corrected chi connectivity index (χ3v) is 7.99. The van der Waals surface area contributed by atoms with Gasteiger partial charge in [-0.15, -0.1) is 0 Å². The number of ether oxygens (including phenoxy) is 2. The van der Waals surface area contributed by atoms with Gasteiger partial charge in [0.2, 0.25) is 0 Å². The molecule has 178 valence electrons. The van der Waals surface area contributed by atoms with Gasteiger partial charge in [-0.3, -0.25) is 14.9 Å². The van der Waals surface area contributed by atoms with Crippen LogP contribution in [0.1, 0.15) is 55.2 Å². The van der Waals surface area contributed by atoms with Gasteiger partial charge in [-0.2, -0.15) is 0 Å². The van der Waals surface area contributed by atoms with Gasteiger partial charge in [0.25, 0.3) is 0 Å². The number of nitrogens with zero attached hydrogens (tertiary/aromatic N) is 1. The zero-order valence-electron chi connectivity index (χ0n) is 19.8. The van der Waals surface area contributed by atoms with Crippen molar-refractivity contribution in [1.82, 2.24) is 0 Å². The number of aryl methyl sites for hydroxylation is 1. The van der Waals surface area contributed by atoms with Crippen LogP contribution in [0.2, 0.25) is 0 Å². The number of nitro benzene ring substituents is 1. The van der Waals surface area contributed by atoms with Gasteiger partial charge in [0.15, 0.2) is 11.5 Å². The maximum atomic E-state index is 13.3. The molecule has 0 saturated heterocycles. The van der Waals surface area contributed by atoms with Crippen LogP contribution >= 0.6 is 0 Å². The fraction of sp³-hybridized carbons (Fsp3) is 0.464. The normalized spacial score (nSPS) is 27.2. The summed E-state index contributed by atoms with van der Waals surface area (Å²) in [5.41, 5.74) is 2.32. The second-order valence-corrected chi connectivity index (χ2v) is 10.5. The highest BCUT2D eigenvalue weighted by Gasteiger charge is 2.53. The van der Waals surface area contributed by atoms with Crippen LogP contribution in [0.15, 0.2) is 42.5 Å². The highest BCUT2D eigenvalue weighted by atomic mass is 16.6. The molecule has 0 aromatic heterocycles. The van der Waals surface area contributed by atoms with E-state index in [2.05, 4.69) is 0 Å². The number of benzene rings is 2. The van der Waals surface area contributed by atoms with Crippen molar-refractivity contribution < 1.29 is 19.2 Å². The predicted molar refractivity (Wildman–Crippen MR) is 130 cm³/mol. The molecule has 2 aromatic rings. The zero-order chi connectivity index (χ0) is 23.9. The van der Waals surface area contributed by atoms with E-state index in [0.717, 1.165) is 53.7 Å². The standard InChI is InChI=1S/C28H31NO5/c1-18-3-6-24(29(31)32)26(9-18)34-17-23-13-19(4-7-25(23)33-2)5-8-27(30)28-14-20-10-21(15-28)12-22(11-20)16-28/h3-9,13,20-22H,10-12,14-17H2,1-2H3/b8-5+. The summed E-state index contributed by atoms with van der Waals surface area (Å²) in [4.78, 5) is 24.2. The van der Waals surface area contributed by atoms with E-state index in [1.54, 1.807) is 25.3 Å². The lowest BCUT2D eigenvalue weighted by Gasteiger charge is -2.55. The smallest absolute Gasteiger partial charge is 0.310 e. The molecule has 4 fully saturated rings. The van der Waals surface area contributed by atoms with E-state index in [0.29, 0.717) is 5.75 Å². The molecule has 4 aliphatic carbocycles. The van der Waals surface area contributed by atoms with Crippen molar-refractivity contribution in [1.29, 1.82) is 0 Å². The molecule has 2 aromatic carbocycles. The molecule has 0 heterocycles. The first-order valence-corrected chi connectivity index (χ1v) is 12.1. The SMILES string of the molecule is COc1ccc(/C=C/C(=O)C23CC4CC(CC(C4)C2)C3)cc1COc1cc(C)ccc1[N+](=O)[O-]. The maximum absolute atomic E-state index is 13.3. The van der Waals surface area contributed by atoms with Crippen LogP contribution in [0.4, 0.5) is 5.69 Å². The van der Waals surface area contributed by atoms with E-state index in [1.807, 2.05) is 31.2 Å². The summed E-state index contributed by atoms with van der Waals surface area (Å²) >= 11 is 0. The van der Waals surface area contributed by atoms with Gasteiger partial charge in [-0.25, -0.2) is 0 Å². The Bertz CT molecular complexity index is 1120. The molecule has 0 aliphatic heterocycles. The summed E-state index contributed by atoms with van der Waals surface area (Å²) < 4.78 is 11.3. The summed E-state index contributed by atoms with van der Waals surface area (Å²) in [7, 11) is 1.58. The molecule has 0 atom stereocenters. The third kappa shape index (κ3) is 4.33. The minimum atomic E-state index is -0.443. The Labute approximate surface area is 200 Å². The van der Waals surface area contributed by atoms with E-state index >= 15 is 0 Å². The van der Waals surface area contributed by atoms with Crippen LogP contribution in [0.5, 0.6) is 11.5 Å². The summed E-state index contributed by atoms with van der Waals surface area (Å²) in [6.45, 7) is 1.99. The van der Waals surface area contributed by atoms with Gasteiger partial charge >= 0.3 is 5.69 Å². The molecule has 0 spiro atoms. The summed E-state index contributed by atoms with van der Waals surface area (Å²) in [5, 5.41) is 11.4. The molecule has 0 unspecified atom stereocenters. The van der Waals surface area contributed by atoms with Gasteiger partial charge in [0.05, 0.1) is 12.0 Å². The number of allylic oxidation sites excluding steroid dienone is 1. The number of hydrogen-bond donors (Lipinski definition) is 0. The van der Waals surface area contributed by atoms with Gasteiger partial charge in [0, 0.05) is 17.0 Å². The van der Waals surface area contributed by atoms with Gasteiger partial charge < -0.3 is 9.47 Å². The summed E-state index contributed by atoms with van der Waals surface area (Å²) in [6.07, 6.45) is 10.8. The number of hydrogen-bond acceptors (Lipinski definition) is 5. The number of methoxy groups -OCH3 is 1. The van der Waals surface area contributed by atoms with Crippen LogP contribution in [-0.2, 0) is 11.4 Å². The number of ketones is 1. The van der Waals surface area contributed by atoms with E-state index in [-0.39, 0.29) is 29.2 Å². The second-order valence-electron chi connectivity index (χ2n) is 10.5. The fourth-order valence-electron chi connectivity index (χ4n) is 6.82. The molecule has 6 rings (SSSR count). The van der Waals surface area contributed by atoms with Crippen LogP contribution in [0.3, 0.4) is 0 Å². The second kappa shape index (κ2) is 8.90. The minimum Gasteiger partial charge on any atom is -0.496 e. The monoisotopic (exact) mass is 461 g/mol. The van der Waals surface area contributed by atoms with Gasteiger partial charge in [-0.05, 0) is 98.6 Å². The van der Waals surface area contributed by atoms with Crippen molar-refractivity contribution in [2.45, 2.75) is 52.1 Å². The van der Waals surface area contributed by atoms with Gasteiger partial charge in [-0.1, -0.05) is 18.2 Å².